The van der Waals surface area contributed by atoms with Crippen molar-refractivity contribution in [3.05, 3.63) is 53.6 Å². The highest BCUT2D eigenvalue weighted by Crippen LogP contribution is 2.35. The van der Waals surface area contributed by atoms with Crippen LogP contribution in [0.5, 0.6) is 11.5 Å². The number of sulfonamides is 1. The van der Waals surface area contributed by atoms with Gasteiger partial charge < -0.3 is 14.8 Å². The third-order valence-electron chi connectivity index (χ3n) is 4.77. The molecule has 8 heteroatoms. The number of hydrogen-bond acceptors (Lipinski definition) is 5. The summed E-state index contributed by atoms with van der Waals surface area (Å²) in [7, 11) is -0.828. The highest BCUT2D eigenvalue weighted by molar-refractivity contribution is 7.92. The van der Waals surface area contributed by atoms with Crippen LogP contribution in [-0.2, 0) is 21.2 Å². The lowest BCUT2D eigenvalue weighted by Gasteiger charge is -2.29. The topological polar surface area (TPSA) is 84.9 Å². The zero-order valence-corrected chi connectivity index (χ0v) is 19.0. The Labute approximate surface area is 179 Å². The molecule has 0 heterocycles. The molecule has 2 aromatic carbocycles. The molecule has 1 N–H and O–H groups in total. The fraction of sp³-hybridized carbons (Fsp3) is 0.409. The number of nitrogens with zero attached hydrogens (tertiary/aromatic N) is 1. The van der Waals surface area contributed by atoms with E-state index < -0.39 is 16.1 Å². The van der Waals surface area contributed by atoms with Crippen molar-refractivity contribution >= 4 is 21.6 Å². The molecule has 0 bridgehead atoms. The molecule has 7 nitrogen and oxygen atoms in total. The molecule has 2 rings (SSSR count). The monoisotopic (exact) mass is 434 g/mol. The maximum atomic E-state index is 12.7. The third kappa shape index (κ3) is 6.13. The first-order chi connectivity index (χ1) is 14.2. The van der Waals surface area contributed by atoms with Crippen molar-refractivity contribution in [2.45, 2.75) is 32.7 Å². The average Bonchev–Trinajstić information content (AvgIpc) is 2.71. The molecule has 0 aliphatic carbocycles. The molecule has 0 aliphatic rings. The summed E-state index contributed by atoms with van der Waals surface area (Å²) in [4.78, 5) is 12.7. The number of aryl methyl sites for hydroxylation is 2. The van der Waals surface area contributed by atoms with Crippen LogP contribution in [0.4, 0.5) is 5.69 Å². The fourth-order valence-electron chi connectivity index (χ4n) is 3.16. The van der Waals surface area contributed by atoms with Crippen LogP contribution in [0, 0.1) is 6.92 Å². The lowest BCUT2D eigenvalue weighted by atomic mass is 10.1. The van der Waals surface area contributed by atoms with Gasteiger partial charge in [-0.25, -0.2) is 8.42 Å². The molecule has 0 radical (unpaired) electrons. The van der Waals surface area contributed by atoms with Crippen LogP contribution in [0.15, 0.2) is 42.5 Å². The van der Waals surface area contributed by atoms with Crippen molar-refractivity contribution in [2.24, 2.45) is 0 Å². The Balaban J connectivity index is 2.10. The number of benzene rings is 2. The van der Waals surface area contributed by atoms with Crippen molar-refractivity contribution in [3.8, 4) is 11.5 Å². The summed E-state index contributed by atoms with van der Waals surface area (Å²) in [5.41, 5.74) is 2.65. The van der Waals surface area contributed by atoms with Gasteiger partial charge in [-0.05, 0) is 44.4 Å². The second-order valence-corrected chi connectivity index (χ2v) is 9.01. The Morgan fingerprint density at radius 1 is 1.10 bits per heavy atom. The lowest BCUT2D eigenvalue weighted by Crippen LogP contribution is -2.48. The van der Waals surface area contributed by atoms with E-state index in [2.05, 4.69) is 29.6 Å². The SMILES string of the molecule is COc1ccc(OC)c(N(C(C)C(=O)NCCCc2ccc(C)cc2)S(C)(=O)=O)c1. The molecule has 0 spiro atoms. The molecular formula is C22H30N2O5S. The minimum atomic E-state index is -3.76. The lowest BCUT2D eigenvalue weighted by molar-refractivity contribution is -0.121. The maximum absolute atomic E-state index is 12.7. The Bertz CT molecular complexity index is 958. The predicted molar refractivity (Wildman–Crippen MR) is 119 cm³/mol. The van der Waals surface area contributed by atoms with E-state index in [0.29, 0.717) is 18.0 Å². The van der Waals surface area contributed by atoms with Gasteiger partial charge in [0, 0.05) is 12.6 Å². The zero-order chi connectivity index (χ0) is 22.3. The maximum Gasteiger partial charge on any atom is 0.243 e. The molecule has 1 atom stereocenters. The van der Waals surface area contributed by atoms with Crippen molar-refractivity contribution in [2.75, 3.05) is 31.3 Å². The van der Waals surface area contributed by atoms with Crippen LogP contribution >= 0.6 is 0 Å². The van der Waals surface area contributed by atoms with E-state index in [1.165, 1.54) is 25.3 Å². The van der Waals surface area contributed by atoms with Gasteiger partial charge in [0.25, 0.3) is 0 Å². The van der Waals surface area contributed by atoms with Gasteiger partial charge in [0.2, 0.25) is 15.9 Å². The number of nitrogens with one attached hydrogen (secondary N) is 1. The van der Waals surface area contributed by atoms with Gasteiger partial charge in [-0.2, -0.15) is 0 Å². The van der Waals surface area contributed by atoms with E-state index in [4.69, 9.17) is 9.47 Å². The van der Waals surface area contributed by atoms with Crippen LogP contribution < -0.4 is 19.1 Å². The molecule has 0 aromatic heterocycles. The summed E-state index contributed by atoms with van der Waals surface area (Å²) >= 11 is 0. The highest BCUT2D eigenvalue weighted by Gasteiger charge is 2.31. The summed E-state index contributed by atoms with van der Waals surface area (Å²) in [6.45, 7) is 4.04. The van der Waals surface area contributed by atoms with Gasteiger partial charge in [0.15, 0.2) is 0 Å². The quantitative estimate of drug-likeness (QED) is 0.581. The van der Waals surface area contributed by atoms with Gasteiger partial charge in [0.05, 0.1) is 26.2 Å². The summed E-state index contributed by atoms with van der Waals surface area (Å²) in [5.74, 6) is 0.416. The Morgan fingerprint density at radius 3 is 2.33 bits per heavy atom. The molecular weight excluding hydrogens is 404 g/mol. The van der Waals surface area contributed by atoms with Crippen LogP contribution in [0.25, 0.3) is 0 Å². The van der Waals surface area contributed by atoms with E-state index in [1.54, 1.807) is 25.1 Å². The van der Waals surface area contributed by atoms with Crippen LogP contribution in [0.2, 0.25) is 0 Å². The summed E-state index contributed by atoms with van der Waals surface area (Å²) in [6.07, 6.45) is 2.64. The summed E-state index contributed by atoms with van der Waals surface area (Å²) in [5, 5.41) is 2.84. The standard InChI is InChI=1S/C22H30N2O5S/c1-16-8-10-18(11-9-16)7-6-14-23-22(25)17(2)24(30(5,26)27)20-15-19(28-3)12-13-21(20)29-4/h8-13,15,17H,6-7,14H2,1-5H3,(H,23,25). The number of anilines is 1. The summed E-state index contributed by atoms with van der Waals surface area (Å²) < 4.78 is 36.7. The average molecular weight is 435 g/mol. The normalized spacial score (nSPS) is 12.2. The van der Waals surface area contributed by atoms with Crippen molar-refractivity contribution in [3.63, 3.8) is 0 Å². The molecule has 0 fully saturated rings. The minimum absolute atomic E-state index is 0.252. The second-order valence-electron chi connectivity index (χ2n) is 7.15. The van der Waals surface area contributed by atoms with E-state index in [9.17, 15) is 13.2 Å². The van der Waals surface area contributed by atoms with Gasteiger partial charge in [-0.15, -0.1) is 0 Å². The fourth-order valence-corrected chi connectivity index (χ4v) is 4.33. The smallest absolute Gasteiger partial charge is 0.243 e. The van der Waals surface area contributed by atoms with Crippen LogP contribution in [0.3, 0.4) is 0 Å². The van der Waals surface area contributed by atoms with E-state index in [0.717, 1.165) is 23.4 Å². The molecule has 1 unspecified atom stereocenters. The highest BCUT2D eigenvalue weighted by atomic mass is 32.2. The number of carbonyl (C=O) groups is 1. The summed E-state index contributed by atoms with van der Waals surface area (Å²) in [6, 6.07) is 12.1. The van der Waals surface area contributed by atoms with Crippen LogP contribution in [0.1, 0.15) is 24.5 Å². The molecule has 2 aromatic rings. The zero-order valence-electron chi connectivity index (χ0n) is 18.1. The molecule has 1 amide bonds. The predicted octanol–water partition coefficient (Wildman–Crippen LogP) is 2.92. The van der Waals surface area contributed by atoms with Crippen LogP contribution in [-0.4, -0.2) is 47.4 Å². The number of rotatable bonds is 10. The number of ether oxygens (including phenoxy) is 2. The van der Waals surface area contributed by atoms with Crippen molar-refractivity contribution < 1.29 is 22.7 Å². The first-order valence-electron chi connectivity index (χ1n) is 9.72. The molecule has 164 valence electrons. The van der Waals surface area contributed by atoms with Crippen molar-refractivity contribution in [1.82, 2.24) is 5.32 Å². The Morgan fingerprint density at radius 2 is 1.77 bits per heavy atom. The van der Waals surface area contributed by atoms with Gasteiger partial charge >= 0.3 is 0 Å². The van der Waals surface area contributed by atoms with Crippen molar-refractivity contribution in [1.29, 1.82) is 0 Å². The largest absolute Gasteiger partial charge is 0.497 e. The molecule has 0 saturated carbocycles. The van der Waals surface area contributed by atoms with E-state index >= 15 is 0 Å². The van der Waals surface area contributed by atoms with E-state index in [-0.39, 0.29) is 11.6 Å². The van der Waals surface area contributed by atoms with Gasteiger partial charge in [0.1, 0.15) is 17.5 Å². The first kappa shape index (κ1) is 23.5. The number of amides is 1. The molecule has 0 saturated heterocycles. The Hall–Kier alpha value is -2.74. The third-order valence-corrected chi connectivity index (χ3v) is 6.00. The number of methoxy groups -OCH3 is 2. The minimum Gasteiger partial charge on any atom is -0.497 e. The second kappa shape index (κ2) is 10.3. The Kier molecular flexibility index (Phi) is 8.11. The first-order valence-corrected chi connectivity index (χ1v) is 11.6. The van der Waals surface area contributed by atoms with Gasteiger partial charge in [-0.1, -0.05) is 29.8 Å². The molecule has 0 aliphatic heterocycles. The van der Waals surface area contributed by atoms with E-state index in [1.807, 2.05) is 6.92 Å². The number of hydrogen-bond donors (Lipinski definition) is 1. The number of carbonyl (C=O) groups excluding carboxylic acids is 1. The molecule has 30 heavy (non-hydrogen) atoms. The van der Waals surface area contributed by atoms with Gasteiger partial charge in [-0.3, -0.25) is 9.10 Å².